The van der Waals surface area contributed by atoms with Crippen LogP contribution < -0.4 is 14.2 Å². The van der Waals surface area contributed by atoms with Crippen molar-refractivity contribution in [2.45, 2.75) is 13.8 Å². The van der Waals surface area contributed by atoms with E-state index in [0.29, 0.717) is 27.3 Å². The van der Waals surface area contributed by atoms with Crippen LogP contribution in [0.1, 0.15) is 18.1 Å². The van der Waals surface area contributed by atoms with Gasteiger partial charge in [0, 0.05) is 0 Å². The molecule has 2 aromatic carbocycles. The molecule has 1 saturated heterocycles. The van der Waals surface area contributed by atoms with E-state index in [2.05, 4.69) is 15.9 Å². The minimum atomic E-state index is -0.499. The van der Waals surface area contributed by atoms with Gasteiger partial charge in [-0.25, -0.2) is 4.79 Å². The van der Waals surface area contributed by atoms with Crippen LogP contribution in [0.2, 0.25) is 0 Å². The third-order valence-corrected chi connectivity index (χ3v) is 6.13. The number of hydrogen-bond donors (Lipinski definition) is 0. The quantitative estimate of drug-likeness (QED) is 0.307. The van der Waals surface area contributed by atoms with Crippen molar-refractivity contribution in [1.82, 2.24) is 4.90 Å². The van der Waals surface area contributed by atoms with Crippen LogP contribution in [0.15, 0.2) is 45.8 Å². The zero-order valence-electron chi connectivity index (χ0n) is 19.0. The lowest BCUT2D eigenvalue weighted by Crippen LogP contribution is -2.32. The summed E-state index contributed by atoms with van der Waals surface area (Å²) < 4.78 is 22.0. The number of esters is 1. The molecule has 0 unspecified atom stereocenters. The number of thioether (sulfide) groups is 1. The Morgan fingerprint density at radius 2 is 1.97 bits per heavy atom. The third-order valence-electron chi connectivity index (χ3n) is 4.64. The number of benzene rings is 2. The Bertz CT molecular complexity index is 1120. The maximum Gasteiger partial charge on any atom is 0.344 e. The summed E-state index contributed by atoms with van der Waals surface area (Å²) in [6, 6.07) is 10.9. The summed E-state index contributed by atoms with van der Waals surface area (Å²) in [6.07, 6.45) is 1.61. The highest BCUT2D eigenvalue weighted by Gasteiger charge is 2.35. The molecule has 0 spiro atoms. The van der Waals surface area contributed by atoms with Crippen LogP contribution in [0.3, 0.4) is 0 Å². The lowest BCUT2D eigenvalue weighted by atomic mass is 10.2. The molecule has 0 bridgehead atoms. The SMILES string of the molecule is CCOC(=O)COc1c(Br)cc(/C=C2\SC(=O)N(CCOc3cccc(C)c3)C2=O)cc1OC. The Labute approximate surface area is 210 Å². The van der Waals surface area contributed by atoms with E-state index in [4.69, 9.17) is 18.9 Å². The van der Waals surface area contributed by atoms with Crippen LogP contribution in [0.25, 0.3) is 6.08 Å². The van der Waals surface area contributed by atoms with Crippen LogP contribution in [-0.4, -0.2) is 55.5 Å². The van der Waals surface area contributed by atoms with Gasteiger partial charge in [-0.1, -0.05) is 12.1 Å². The van der Waals surface area contributed by atoms with Gasteiger partial charge in [-0.2, -0.15) is 0 Å². The highest BCUT2D eigenvalue weighted by molar-refractivity contribution is 9.10. The average molecular weight is 550 g/mol. The molecule has 1 aliphatic rings. The second-order valence-corrected chi connectivity index (χ2v) is 8.97. The first-order valence-electron chi connectivity index (χ1n) is 10.4. The molecule has 0 saturated carbocycles. The second-order valence-electron chi connectivity index (χ2n) is 7.13. The first-order valence-corrected chi connectivity index (χ1v) is 12.0. The van der Waals surface area contributed by atoms with E-state index in [9.17, 15) is 14.4 Å². The number of aryl methyl sites for hydroxylation is 1. The topological polar surface area (TPSA) is 91.4 Å². The number of ether oxygens (including phenoxy) is 4. The number of methoxy groups -OCH3 is 1. The molecule has 1 fully saturated rings. The Morgan fingerprint density at radius 3 is 2.68 bits per heavy atom. The van der Waals surface area contributed by atoms with Gasteiger partial charge in [0.1, 0.15) is 12.4 Å². The standard InChI is InChI=1S/C24H24BrNO7S/c1-4-31-21(27)14-33-22-18(25)11-16(12-19(22)30-3)13-20-23(28)26(24(29)34-20)8-9-32-17-7-5-6-15(2)10-17/h5-7,10-13H,4,8-9,14H2,1-3H3/b20-13-. The zero-order chi connectivity index (χ0) is 24.7. The van der Waals surface area contributed by atoms with Gasteiger partial charge in [0.2, 0.25) is 0 Å². The van der Waals surface area contributed by atoms with E-state index in [0.717, 1.165) is 22.2 Å². The Hall–Kier alpha value is -2.98. The molecule has 180 valence electrons. The van der Waals surface area contributed by atoms with Crippen molar-refractivity contribution in [1.29, 1.82) is 0 Å². The largest absolute Gasteiger partial charge is 0.493 e. The van der Waals surface area contributed by atoms with Gasteiger partial charge in [-0.3, -0.25) is 14.5 Å². The van der Waals surface area contributed by atoms with Crippen LogP contribution >= 0.6 is 27.7 Å². The summed E-state index contributed by atoms with van der Waals surface area (Å²) >= 11 is 4.27. The van der Waals surface area contributed by atoms with Gasteiger partial charge in [-0.15, -0.1) is 0 Å². The van der Waals surface area contributed by atoms with Crippen LogP contribution in [0.4, 0.5) is 4.79 Å². The summed E-state index contributed by atoms with van der Waals surface area (Å²) in [7, 11) is 1.46. The first-order chi connectivity index (χ1) is 16.3. The maximum atomic E-state index is 12.8. The molecule has 3 rings (SSSR count). The molecular weight excluding hydrogens is 526 g/mol. The molecule has 0 atom stereocenters. The van der Waals surface area contributed by atoms with Crippen molar-refractivity contribution >= 4 is 50.9 Å². The zero-order valence-corrected chi connectivity index (χ0v) is 21.4. The molecule has 34 heavy (non-hydrogen) atoms. The lowest BCUT2D eigenvalue weighted by Gasteiger charge is -2.14. The number of halogens is 1. The second kappa shape index (κ2) is 11.9. The van der Waals surface area contributed by atoms with Crippen molar-refractivity contribution in [3.05, 3.63) is 56.9 Å². The van der Waals surface area contributed by atoms with E-state index in [1.165, 1.54) is 7.11 Å². The van der Waals surface area contributed by atoms with Crippen molar-refractivity contribution in [2.75, 3.05) is 33.5 Å². The molecule has 2 amide bonds. The maximum absolute atomic E-state index is 12.8. The highest BCUT2D eigenvalue weighted by Crippen LogP contribution is 2.39. The molecule has 2 aromatic rings. The summed E-state index contributed by atoms with van der Waals surface area (Å²) in [4.78, 5) is 38.2. The number of imide groups is 1. The van der Waals surface area contributed by atoms with Crippen LogP contribution in [-0.2, 0) is 14.3 Å². The molecule has 10 heteroatoms. The summed E-state index contributed by atoms with van der Waals surface area (Å²) in [6.45, 7) is 3.99. The normalized spacial score (nSPS) is 14.5. The molecule has 1 heterocycles. The molecular formula is C24H24BrNO7S. The van der Waals surface area contributed by atoms with E-state index in [-0.39, 0.29) is 42.4 Å². The summed E-state index contributed by atoms with van der Waals surface area (Å²) in [5.74, 6) is 0.482. The Morgan fingerprint density at radius 1 is 1.18 bits per heavy atom. The number of amides is 2. The summed E-state index contributed by atoms with van der Waals surface area (Å²) in [5.41, 5.74) is 1.68. The van der Waals surface area contributed by atoms with Gasteiger partial charge in [0.15, 0.2) is 18.1 Å². The first kappa shape index (κ1) is 25.6. The monoisotopic (exact) mass is 549 g/mol. The fourth-order valence-electron chi connectivity index (χ4n) is 3.10. The van der Waals surface area contributed by atoms with Crippen LogP contribution in [0.5, 0.6) is 17.2 Å². The van der Waals surface area contributed by atoms with Gasteiger partial charge in [-0.05, 0) is 83.0 Å². The molecule has 1 aliphatic heterocycles. The fraction of sp³-hybridized carbons (Fsp3) is 0.292. The van der Waals surface area contributed by atoms with Gasteiger partial charge in [0.05, 0.1) is 29.6 Å². The van der Waals surface area contributed by atoms with Gasteiger partial charge < -0.3 is 18.9 Å². The van der Waals surface area contributed by atoms with E-state index < -0.39 is 5.97 Å². The number of hydrogen-bond acceptors (Lipinski definition) is 8. The van der Waals surface area contributed by atoms with Crippen molar-refractivity contribution in [3.63, 3.8) is 0 Å². The fourth-order valence-corrected chi connectivity index (χ4v) is 4.54. The predicted octanol–water partition coefficient (Wildman–Crippen LogP) is 4.82. The Balaban J connectivity index is 1.68. The summed E-state index contributed by atoms with van der Waals surface area (Å²) in [5, 5.41) is -0.357. The molecule has 0 aromatic heterocycles. The highest BCUT2D eigenvalue weighted by atomic mass is 79.9. The van der Waals surface area contributed by atoms with Crippen molar-refractivity contribution in [3.8, 4) is 17.2 Å². The van der Waals surface area contributed by atoms with Crippen LogP contribution in [0, 0.1) is 6.92 Å². The lowest BCUT2D eigenvalue weighted by molar-refractivity contribution is -0.145. The van der Waals surface area contributed by atoms with Crippen molar-refractivity contribution < 1.29 is 33.3 Å². The van der Waals surface area contributed by atoms with Gasteiger partial charge in [0.25, 0.3) is 11.1 Å². The third kappa shape index (κ3) is 6.54. The molecule has 0 N–H and O–H groups in total. The minimum Gasteiger partial charge on any atom is -0.493 e. The van der Waals surface area contributed by atoms with E-state index in [1.54, 1.807) is 25.1 Å². The molecule has 8 nitrogen and oxygen atoms in total. The molecule has 0 aliphatic carbocycles. The van der Waals surface area contributed by atoms with Crippen molar-refractivity contribution in [2.24, 2.45) is 0 Å². The number of rotatable bonds is 10. The number of carbonyl (C=O) groups is 3. The van der Waals surface area contributed by atoms with E-state index >= 15 is 0 Å². The molecule has 0 radical (unpaired) electrons. The minimum absolute atomic E-state index is 0.142. The smallest absolute Gasteiger partial charge is 0.344 e. The number of nitrogens with zero attached hydrogens (tertiary/aromatic N) is 1. The number of carbonyl (C=O) groups excluding carboxylic acids is 3. The predicted molar refractivity (Wildman–Crippen MR) is 132 cm³/mol. The Kier molecular flexibility index (Phi) is 9.00. The van der Waals surface area contributed by atoms with E-state index in [1.807, 2.05) is 31.2 Å². The van der Waals surface area contributed by atoms with Gasteiger partial charge >= 0.3 is 5.97 Å². The average Bonchev–Trinajstić information content (AvgIpc) is 3.05.